The van der Waals surface area contributed by atoms with E-state index in [0.29, 0.717) is 29.6 Å². The number of esters is 1. The van der Waals surface area contributed by atoms with Gasteiger partial charge >= 0.3 is 5.97 Å². The molecule has 158 valence electrons. The summed E-state index contributed by atoms with van der Waals surface area (Å²) in [4.78, 5) is 14.6. The first kappa shape index (κ1) is 21.8. The standard InChI is InChI=1S/C23H26N2O4S/c1-16-20(22(26)28-13-12-27-3)21(24-23(30)25(16)2)18-10-7-11-19(14-18)29-15-17-8-5-4-6-9-17/h4-11,14,21H,12-13,15H2,1-3H3,(H,24,30). The molecule has 0 saturated heterocycles. The van der Waals surface area contributed by atoms with Gasteiger partial charge in [-0.3, -0.25) is 0 Å². The molecule has 1 unspecified atom stereocenters. The number of rotatable bonds is 8. The van der Waals surface area contributed by atoms with Crippen LogP contribution in [-0.4, -0.2) is 43.4 Å². The molecule has 2 aromatic rings. The van der Waals surface area contributed by atoms with Crippen molar-refractivity contribution >= 4 is 23.3 Å². The summed E-state index contributed by atoms with van der Waals surface area (Å²) in [7, 11) is 3.39. The van der Waals surface area contributed by atoms with Gasteiger partial charge in [0.15, 0.2) is 5.11 Å². The van der Waals surface area contributed by atoms with Crippen LogP contribution in [0.15, 0.2) is 65.9 Å². The molecular formula is C23H26N2O4S. The monoisotopic (exact) mass is 426 g/mol. The third-order valence-electron chi connectivity index (χ3n) is 4.93. The van der Waals surface area contributed by atoms with E-state index in [2.05, 4.69) is 5.32 Å². The second kappa shape index (κ2) is 10.2. The zero-order valence-electron chi connectivity index (χ0n) is 17.4. The molecule has 1 heterocycles. The molecule has 1 N–H and O–H groups in total. The van der Waals surface area contributed by atoms with Gasteiger partial charge in [0.05, 0.1) is 18.2 Å². The van der Waals surface area contributed by atoms with Crippen LogP contribution in [0.4, 0.5) is 0 Å². The Bertz CT molecular complexity index is 930. The molecule has 0 bridgehead atoms. The number of carbonyl (C=O) groups excluding carboxylic acids is 1. The summed E-state index contributed by atoms with van der Waals surface area (Å²) in [6, 6.07) is 17.2. The van der Waals surface area contributed by atoms with Crippen molar-refractivity contribution in [1.29, 1.82) is 0 Å². The molecule has 0 aromatic heterocycles. The van der Waals surface area contributed by atoms with Crippen LogP contribution in [0.1, 0.15) is 24.1 Å². The van der Waals surface area contributed by atoms with Crippen LogP contribution in [0.25, 0.3) is 0 Å². The van der Waals surface area contributed by atoms with Crippen molar-refractivity contribution in [2.75, 3.05) is 27.4 Å². The SMILES string of the molecule is COCCOC(=O)C1=C(C)N(C)C(=S)NC1c1cccc(OCc2ccccc2)c1. The first-order valence-electron chi connectivity index (χ1n) is 9.69. The van der Waals surface area contributed by atoms with E-state index in [-0.39, 0.29) is 6.61 Å². The van der Waals surface area contributed by atoms with Crippen molar-refractivity contribution in [3.63, 3.8) is 0 Å². The van der Waals surface area contributed by atoms with Gasteiger partial charge in [-0.1, -0.05) is 42.5 Å². The highest BCUT2D eigenvalue weighted by Gasteiger charge is 2.33. The molecule has 1 aliphatic heterocycles. The molecule has 0 fully saturated rings. The Morgan fingerprint density at radius 1 is 1.13 bits per heavy atom. The molecular weight excluding hydrogens is 400 g/mol. The maximum atomic E-state index is 12.8. The zero-order chi connectivity index (χ0) is 21.5. The average Bonchev–Trinajstić information content (AvgIpc) is 2.77. The van der Waals surface area contributed by atoms with Crippen LogP contribution in [0.5, 0.6) is 5.75 Å². The number of methoxy groups -OCH3 is 1. The van der Waals surface area contributed by atoms with E-state index in [1.807, 2.05) is 68.6 Å². The predicted octanol–water partition coefficient (Wildman–Crippen LogP) is 3.59. The minimum atomic E-state index is -0.427. The minimum absolute atomic E-state index is 0.188. The van der Waals surface area contributed by atoms with Gasteiger partial charge in [0.2, 0.25) is 0 Å². The highest BCUT2D eigenvalue weighted by atomic mass is 32.1. The fourth-order valence-corrected chi connectivity index (χ4v) is 3.42. The number of hydrogen-bond acceptors (Lipinski definition) is 5. The number of ether oxygens (including phenoxy) is 3. The lowest BCUT2D eigenvalue weighted by Crippen LogP contribution is -2.46. The molecule has 0 aliphatic carbocycles. The molecule has 3 rings (SSSR count). The van der Waals surface area contributed by atoms with E-state index in [0.717, 1.165) is 16.8 Å². The van der Waals surface area contributed by atoms with Gasteiger partial charge in [-0.05, 0) is 42.4 Å². The van der Waals surface area contributed by atoms with Crippen LogP contribution < -0.4 is 10.1 Å². The van der Waals surface area contributed by atoms with Crippen molar-refractivity contribution in [2.45, 2.75) is 19.6 Å². The lowest BCUT2D eigenvalue weighted by molar-refractivity contribution is -0.140. The average molecular weight is 427 g/mol. The molecule has 6 nitrogen and oxygen atoms in total. The number of carbonyl (C=O) groups is 1. The van der Waals surface area contributed by atoms with Gasteiger partial charge in [-0.25, -0.2) is 4.79 Å². The Hall–Kier alpha value is -2.90. The Morgan fingerprint density at radius 2 is 1.90 bits per heavy atom. The summed E-state index contributed by atoms with van der Waals surface area (Å²) in [5, 5.41) is 3.79. The third-order valence-corrected chi connectivity index (χ3v) is 5.33. The fraction of sp³-hybridized carbons (Fsp3) is 0.304. The quantitative estimate of drug-likeness (QED) is 0.393. The second-order valence-corrected chi connectivity index (χ2v) is 7.30. The maximum absolute atomic E-state index is 12.8. The van der Waals surface area contributed by atoms with Gasteiger partial charge in [0, 0.05) is 19.9 Å². The van der Waals surface area contributed by atoms with Gasteiger partial charge in [-0.15, -0.1) is 0 Å². The Balaban J connectivity index is 1.84. The summed E-state index contributed by atoms with van der Waals surface area (Å²) < 4.78 is 16.3. The van der Waals surface area contributed by atoms with Crippen LogP contribution in [0.2, 0.25) is 0 Å². The molecule has 0 amide bonds. The van der Waals surface area contributed by atoms with Crippen molar-refractivity contribution in [3.05, 3.63) is 77.0 Å². The predicted molar refractivity (Wildman–Crippen MR) is 119 cm³/mol. The minimum Gasteiger partial charge on any atom is -0.489 e. The molecule has 1 aliphatic rings. The van der Waals surface area contributed by atoms with Gasteiger partial charge < -0.3 is 24.4 Å². The van der Waals surface area contributed by atoms with Crippen LogP contribution >= 0.6 is 12.2 Å². The maximum Gasteiger partial charge on any atom is 0.338 e. The van der Waals surface area contributed by atoms with Gasteiger partial charge in [0.1, 0.15) is 19.0 Å². The number of thiocarbonyl (C=S) groups is 1. The topological polar surface area (TPSA) is 60.0 Å². The summed E-state index contributed by atoms with van der Waals surface area (Å²) in [5.41, 5.74) is 3.22. The van der Waals surface area contributed by atoms with Crippen molar-refractivity contribution in [2.24, 2.45) is 0 Å². The van der Waals surface area contributed by atoms with Gasteiger partial charge in [0.25, 0.3) is 0 Å². The molecule has 1 atom stereocenters. The van der Waals surface area contributed by atoms with Crippen molar-refractivity contribution in [1.82, 2.24) is 10.2 Å². The van der Waals surface area contributed by atoms with E-state index in [1.54, 1.807) is 12.0 Å². The largest absolute Gasteiger partial charge is 0.489 e. The van der Waals surface area contributed by atoms with E-state index in [1.165, 1.54) is 0 Å². The number of hydrogen-bond donors (Lipinski definition) is 1. The van der Waals surface area contributed by atoms with E-state index < -0.39 is 12.0 Å². The first-order chi connectivity index (χ1) is 14.5. The van der Waals surface area contributed by atoms with Crippen molar-refractivity contribution < 1.29 is 19.0 Å². The highest BCUT2D eigenvalue weighted by Crippen LogP contribution is 2.32. The summed E-state index contributed by atoms with van der Waals surface area (Å²) >= 11 is 5.45. The van der Waals surface area contributed by atoms with E-state index >= 15 is 0 Å². The lowest BCUT2D eigenvalue weighted by atomic mass is 9.95. The molecule has 0 saturated carbocycles. The fourth-order valence-electron chi connectivity index (χ4n) is 3.17. The Kier molecular flexibility index (Phi) is 7.43. The lowest BCUT2D eigenvalue weighted by Gasteiger charge is -2.35. The molecule has 0 radical (unpaired) electrons. The van der Waals surface area contributed by atoms with Crippen LogP contribution in [0.3, 0.4) is 0 Å². The first-order valence-corrected chi connectivity index (χ1v) is 10.1. The number of allylic oxidation sites excluding steroid dienone is 1. The summed E-state index contributed by atoms with van der Waals surface area (Å²) in [6.45, 7) is 2.85. The number of nitrogens with zero attached hydrogens (tertiary/aromatic N) is 1. The zero-order valence-corrected chi connectivity index (χ0v) is 18.2. The Labute approximate surface area is 182 Å². The highest BCUT2D eigenvalue weighted by molar-refractivity contribution is 7.80. The van der Waals surface area contributed by atoms with E-state index in [9.17, 15) is 4.79 Å². The van der Waals surface area contributed by atoms with E-state index in [4.69, 9.17) is 26.4 Å². The summed E-state index contributed by atoms with van der Waals surface area (Å²) in [6.07, 6.45) is 0. The molecule has 30 heavy (non-hydrogen) atoms. The Morgan fingerprint density at radius 3 is 2.63 bits per heavy atom. The smallest absolute Gasteiger partial charge is 0.338 e. The summed E-state index contributed by atoms with van der Waals surface area (Å²) in [5.74, 6) is 0.319. The molecule has 2 aromatic carbocycles. The second-order valence-electron chi connectivity index (χ2n) is 6.92. The van der Waals surface area contributed by atoms with Crippen molar-refractivity contribution in [3.8, 4) is 5.75 Å². The van der Waals surface area contributed by atoms with Gasteiger partial charge in [-0.2, -0.15) is 0 Å². The molecule has 7 heteroatoms. The normalized spacial score (nSPS) is 16.3. The number of benzene rings is 2. The number of nitrogens with one attached hydrogen (secondary N) is 1. The van der Waals surface area contributed by atoms with Crippen LogP contribution in [-0.2, 0) is 20.9 Å². The van der Waals surface area contributed by atoms with Crippen LogP contribution in [0, 0.1) is 0 Å². The third kappa shape index (κ3) is 5.17. The molecule has 0 spiro atoms.